The van der Waals surface area contributed by atoms with Crippen molar-refractivity contribution in [2.75, 3.05) is 36.2 Å². The molecular formula is C26H31ClN6O3. The summed E-state index contributed by atoms with van der Waals surface area (Å²) in [5, 5.41) is 9.64. The third-order valence-corrected chi connectivity index (χ3v) is 7.72. The molecule has 2 aromatic rings. The van der Waals surface area contributed by atoms with Gasteiger partial charge in [-0.2, -0.15) is 4.98 Å². The van der Waals surface area contributed by atoms with E-state index in [0.29, 0.717) is 35.5 Å². The second-order valence-corrected chi connectivity index (χ2v) is 9.82. The van der Waals surface area contributed by atoms with Gasteiger partial charge in [0.2, 0.25) is 17.8 Å². The molecular weight excluding hydrogens is 480 g/mol. The van der Waals surface area contributed by atoms with Crippen LogP contribution >= 0.6 is 11.6 Å². The minimum absolute atomic E-state index is 0.0122. The highest BCUT2D eigenvalue weighted by atomic mass is 35.5. The van der Waals surface area contributed by atoms with Gasteiger partial charge in [0.1, 0.15) is 10.8 Å². The first-order valence-electron chi connectivity index (χ1n) is 12.4. The van der Waals surface area contributed by atoms with Crippen molar-refractivity contribution in [3.05, 3.63) is 41.1 Å². The Balaban J connectivity index is 1.48. The monoisotopic (exact) mass is 510 g/mol. The van der Waals surface area contributed by atoms with E-state index in [-0.39, 0.29) is 35.6 Å². The molecule has 2 bridgehead atoms. The molecule has 4 unspecified atom stereocenters. The van der Waals surface area contributed by atoms with E-state index in [2.05, 4.69) is 33.1 Å². The van der Waals surface area contributed by atoms with Crippen molar-refractivity contribution < 1.29 is 14.3 Å². The number of hydrogen-bond acceptors (Lipinski definition) is 7. The Morgan fingerprint density at radius 3 is 2.83 bits per heavy atom. The number of nitrogens with zero attached hydrogens (tertiary/aromatic N) is 3. The predicted molar refractivity (Wildman–Crippen MR) is 140 cm³/mol. The molecule has 1 fully saturated rings. The minimum Gasteiger partial charge on any atom is -0.494 e. The lowest BCUT2D eigenvalue weighted by molar-refractivity contribution is -0.125. The number of carbonyl (C=O) groups is 2. The number of allylic oxidation sites excluding steroid dienone is 1. The molecule has 2 amide bonds. The zero-order chi connectivity index (χ0) is 25.4. The lowest BCUT2D eigenvalue weighted by Gasteiger charge is -2.29. The van der Waals surface area contributed by atoms with Gasteiger partial charge in [-0.3, -0.25) is 9.59 Å². The number of benzene rings is 1. The second kappa shape index (κ2) is 9.97. The fraction of sp³-hybridized carbons (Fsp3) is 0.462. The van der Waals surface area contributed by atoms with Crippen molar-refractivity contribution in [1.29, 1.82) is 0 Å². The molecule has 0 spiro atoms. The maximum Gasteiger partial charge on any atom is 0.232 e. The van der Waals surface area contributed by atoms with Crippen LogP contribution in [0.2, 0.25) is 5.02 Å². The Morgan fingerprint density at radius 1 is 1.28 bits per heavy atom. The number of nitrogens with one attached hydrogen (secondary N) is 3. The van der Waals surface area contributed by atoms with E-state index < -0.39 is 0 Å². The fourth-order valence-corrected chi connectivity index (χ4v) is 5.91. The highest BCUT2D eigenvalue weighted by molar-refractivity contribution is 6.32. The van der Waals surface area contributed by atoms with Crippen LogP contribution in [-0.2, 0) is 16.0 Å². The molecule has 1 saturated carbocycles. The van der Waals surface area contributed by atoms with Gasteiger partial charge in [-0.1, -0.05) is 23.8 Å². The molecule has 190 valence electrons. The van der Waals surface area contributed by atoms with Crippen LogP contribution in [0.1, 0.15) is 31.7 Å². The molecule has 3 N–H and O–H groups in total. The Bertz CT molecular complexity index is 1220. The van der Waals surface area contributed by atoms with Crippen molar-refractivity contribution in [1.82, 2.24) is 15.3 Å². The second-order valence-electron chi connectivity index (χ2n) is 9.42. The first-order valence-corrected chi connectivity index (χ1v) is 12.8. The number of carbonyl (C=O) groups excluding carboxylic acids is 2. The van der Waals surface area contributed by atoms with Gasteiger partial charge in [-0.15, -0.1) is 0 Å². The fourth-order valence-electron chi connectivity index (χ4n) is 5.77. The Kier molecular flexibility index (Phi) is 6.75. The molecule has 0 radical (unpaired) electrons. The van der Waals surface area contributed by atoms with Gasteiger partial charge in [0.25, 0.3) is 0 Å². The van der Waals surface area contributed by atoms with Crippen molar-refractivity contribution in [3.8, 4) is 5.75 Å². The number of methoxy groups -OCH3 is 1. The van der Waals surface area contributed by atoms with E-state index in [1.165, 1.54) is 0 Å². The quantitative estimate of drug-likeness (QED) is 0.484. The SMILES string of the molecule is CCN(c1ncc(Cl)c(NC2C3C=CC(C3)C2C(=O)NC)n1)c1ccc2c(c1OC)CCCC(=O)N2. The molecule has 4 atom stereocenters. The smallest absolute Gasteiger partial charge is 0.232 e. The van der Waals surface area contributed by atoms with E-state index in [1.807, 2.05) is 24.0 Å². The number of aromatic nitrogens is 2. The maximum absolute atomic E-state index is 12.6. The molecule has 0 saturated heterocycles. The number of hydrogen-bond donors (Lipinski definition) is 3. The highest BCUT2D eigenvalue weighted by Crippen LogP contribution is 2.46. The van der Waals surface area contributed by atoms with E-state index >= 15 is 0 Å². The first kappa shape index (κ1) is 24.4. The van der Waals surface area contributed by atoms with Crippen molar-refractivity contribution in [2.45, 2.75) is 38.6 Å². The summed E-state index contributed by atoms with van der Waals surface area (Å²) in [6.45, 7) is 2.60. The molecule has 10 heteroatoms. The number of halogens is 1. The van der Waals surface area contributed by atoms with Gasteiger partial charge in [0, 0.05) is 37.3 Å². The predicted octanol–water partition coefficient (Wildman–Crippen LogP) is 3.92. The third kappa shape index (κ3) is 4.25. The largest absolute Gasteiger partial charge is 0.494 e. The summed E-state index contributed by atoms with van der Waals surface area (Å²) < 4.78 is 5.84. The van der Waals surface area contributed by atoms with Gasteiger partial charge in [0.05, 0.1) is 24.9 Å². The number of amides is 2. The summed E-state index contributed by atoms with van der Waals surface area (Å²) in [7, 11) is 3.31. The summed E-state index contributed by atoms with van der Waals surface area (Å²) in [6, 6.07) is 3.73. The van der Waals surface area contributed by atoms with Crippen LogP contribution in [0.4, 0.5) is 23.1 Å². The summed E-state index contributed by atoms with van der Waals surface area (Å²) in [5.74, 6) is 1.98. The summed E-state index contributed by atoms with van der Waals surface area (Å²) in [6.07, 6.45) is 8.81. The maximum atomic E-state index is 12.6. The van der Waals surface area contributed by atoms with E-state index in [1.54, 1.807) is 20.4 Å². The topological polar surface area (TPSA) is 108 Å². The Morgan fingerprint density at radius 2 is 2.08 bits per heavy atom. The highest BCUT2D eigenvalue weighted by Gasteiger charge is 2.48. The van der Waals surface area contributed by atoms with Crippen molar-refractivity contribution >= 4 is 46.6 Å². The molecule has 3 aliphatic rings. The van der Waals surface area contributed by atoms with Crippen LogP contribution in [0.25, 0.3) is 0 Å². The average Bonchev–Trinajstić information content (AvgIpc) is 3.43. The minimum atomic E-state index is -0.179. The Hall–Kier alpha value is -3.33. The number of ether oxygens (including phenoxy) is 1. The van der Waals surface area contributed by atoms with Gasteiger partial charge >= 0.3 is 0 Å². The summed E-state index contributed by atoms with van der Waals surface area (Å²) in [5.41, 5.74) is 2.56. The molecule has 2 aliphatic carbocycles. The lowest BCUT2D eigenvalue weighted by atomic mass is 9.88. The zero-order valence-corrected chi connectivity index (χ0v) is 21.4. The molecule has 2 heterocycles. The zero-order valence-electron chi connectivity index (χ0n) is 20.7. The van der Waals surface area contributed by atoms with Crippen LogP contribution < -0.4 is 25.6 Å². The summed E-state index contributed by atoms with van der Waals surface area (Å²) >= 11 is 6.53. The molecule has 36 heavy (non-hydrogen) atoms. The number of anilines is 4. The van der Waals surface area contributed by atoms with E-state index in [0.717, 1.165) is 36.2 Å². The molecule has 5 rings (SSSR count). The van der Waals surface area contributed by atoms with Crippen LogP contribution in [0.3, 0.4) is 0 Å². The van der Waals surface area contributed by atoms with Gasteiger partial charge < -0.3 is 25.6 Å². The Labute approximate surface area is 215 Å². The first-order chi connectivity index (χ1) is 17.4. The van der Waals surface area contributed by atoms with Gasteiger partial charge in [-0.05, 0) is 50.2 Å². The average molecular weight is 511 g/mol. The molecule has 9 nitrogen and oxygen atoms in total. The number of fused-ring (bicyclic) bond motifs is 3. The molecule has 1 aromatic carbocycles. The molecule has 1 aromatic heterocycles. The van der Waals surface area contributed by atoms with Gasteiger partial charge in [0.15, 0.2) is 5.82 Å². The van der Waals surface area contributed by atoms with Crippen LogP contribution in [-0.4, -0.2) is 48.5 Å². The van der Waals surface area contributed by atoms with E-state index in [9.17, 15) is 9.59 Å². The lowest BCUT2D eigenvalue weighted by Crippen LogP contribution is -2.42. The standard InChI is InChI=1S/C26H31ClN6O3/c1-4-33(19-11-10-18-16(23(19)36-3)6-5-7-20(34)30-18)26-29-13-17(27)24(32-26)31-22-15-9-8-14(12-15)21(22)25(35)28-2/h8-11,13-15,21-22H,4-7,12H2,1-3H3,(H,28,35)(H,30,34)(H,29,31,32). The van der Waals surface area contributed by atoms with Crippen molar-refractivity contribution in [3.63, 3.8) is 0 Å². The number of rotatable bonds is 7. The van der Waals surface area contributed by atoms with Crippen LogP contribution in [0.15, 0.2) is 30.5 Å². The van der Waals surface area contributed by atoms with Crippen LogP contribution in [0.5, 0.6) is 5.75 Å². The van der Waals surface area contributed by atoms with E-state index in [4.69, 9.17) is 21.3 Å². The molecule has 1 aliphatic heterocycles. The third-order valence-electron chi connectivity index (χ3n) is 7.44. The van der Waals surface area contributed by atoms with Crippen LogP contribution in [0, 0.1) is 17.8 Å². The summed E-state index contributed by atoms with van der Waals surface area (Å²) in [4.78, 5) is 36.0. The van der Waals surface area contributed by atoms with Crippen molar-refractivity contribution in [2.24, 2.45) is 17.8 Å². The normalized spacial score (nSPS) is 24.1. The van der Waals surface area contributed by atoms with Gasteiger partial charge in [-0.25, -0.2) is 4.98 Å².